The van der Waals surface area contributed by atoms with Crippen molar-refractivity contribution < 1.29 is 28.9 Å². The SMILES string of the molecule is CCCCCCCC/C=C\CCCCCCCC(=O)O[C@@H]1[C@H](OC(=O)CCCCCCC/C=C\CCCCCCCC)[C@@H](CO)O[C@H]1n1ccc(=O)[nH]c1=O. The van der Waals surface area contributed by atoms with E-state index in [-0.39, 0.29) is 12.8 Å². The van der Waals surface area contributed by atoms with Crippen LogP contribution in [0.3, 0.4) is 0 Å². The highest BCUT2D eigenvalue weighted by Crippen LogP contribution is 2.34. The normalized spacial score (nSPS) is 18.5. The summed E-state index contributed by atoms with van der Waals surface area (Å²) in [7, 11) is 0. The Morgan fingerprint density at radius 1 is 0.636 bits per heavy atom. The highest BCUT2D eigenvalue weighted by atomic mass is 16.6. The molecular weight excluding hydrogens is 697 g/mol. The number of aliphatic hydroxyl groups is 1. The highest BCUT2D eigenvalue weighted by Gasteiger charge is 2.50. The molecule has 0 saturated carbocycles. The summed E-state index contributed by atoms with van der Waals surface area (Å²) in [5.41, 5.74) is -1.34. The van der Waals surface area contributed by atoms with E-state index in [0.717, 1.165) is 87.7 Å². The smallest absolute Gasteiger partial charge is 0.330 e. The minimum absolute atomic E-state index is 0.168. The zero-order valence-corrected chi connectivity index (χ0v) is 34.5. The summed E-state index contributed by atoms with van der Waals surface area (Å²) in [5, 5.41) is 10.1. The molecule has 0 spiro atoms. The fourth-order valence-corrected chi connectivity index (χ4v) is 7.08. The summed E-state index contributed by atoms with van der Waals surface area (Å²) in [4.78, 5) is 52.7. The summed E-state index contributed by atoms with van der Waals surface area (Å²) < 4.78 is 18.7. The number of esters is 2. The van der Waals surface area contributed by atoms with Gasteiger partial charge in [0.1, 0.15) is 6.10 Å². The fourth-order valence-electron chi connectivity index (χ4n) is 7.08. The third-order valence-corrected chi connectivity index (χ3v) is 10.4. The van der Waals surface area contributed by atoms with Gasteiger partial charge in [0.2, 0.25) is 0 Å². The van der Waals surface area contributed by atoms with Gasteiger partial charge in [0.25, 0.3) is 5.56 Å². The maximum atomic E-state index is 13.1. The monoisotopic (exact) mass is 773 g/mol. The van der Waals surface area contributed by atoms with Gasteiger partial charge in [0.15, 0.2) is 18.4 Å². The van der Waals surface area contributed by atoms with Crippen LogP contribution < -0.4 is 11.2 Å². The molecule has 0 unspecified atom stereocenters. The number of aliphatic hydroxyl groups excluding tert-OH is 1. The Labute approximate surface area is 331 Å². The Bertz CT molecular complexity index is 1300. The molecule has 314 valence electrons. The maximum absolute atomic E-state index is 13.1. The number of aromatic amines is 1. The van der Waals surface area contributed by atoms with Gasteiger partial charge in [0.05, 0.1) is 6.61 Å². The molecule has 1 aliphatic rings. The number of ether oxygens (including phenoxy) is 3. The predicted molar refractivity (Wildman–Crippen MR) is 221 cm³/mol. The minimum atomic E-state index is -1.18. The lowest BCUT2D eigenvalue weighted by atomic mass is 10.1. The molecule has 10 heteroatoms. The molecule has 2 N–H and O–H groups in total. The van der Waals surface area contributed by atoms with Gasteiger partial charge in [-0.3, -0.25) is 23.9 Å². The molecule has 1 aliphatic heterocycles. The molecule has 55 heavy (non-hydrogen) atoms. The number of carbonyl (C=O) groups is 2. The van der Waals surface area contributed by atoms with Crippen molar-refractivity contribution in [3.63, 3.8) is 0 Å². The van der Waals surface area contributed by atoms with E-state index in [0.29, 0.717) is 12.8 Å². The molecule has 2 rings (SSSR count). The molecular formula is C45H76N2O8. The predicted octanol–water partition coefficient (Wildman–Crippen LogP) is 10.3. The number of hydrogen-bond donors (Lipinski definition) is 2. The Balaban J connectivity index is 1.75. The van der Waals surface area contributed by atoms with E-state index < -0.39 is 54.3 Å². The number of carbonyl (C=O) groups excluding carboxylic acids is 2. The van der Waals surface area contributed by atoms with Gasteiger partial charge >= 0.3 is 17.6 Å². The second kappa shape index (κ2) is 32.1. The van der Waals surface area contributed by atoms with Gasteiger partial charge in [-0.15, -0.1) is 0 Å². The topological polar surface area (TPSA) is 137 Å². The number of H-pyrrole nitrogens is 1. The molecule has 0 amide bonds. The third-order valence-electron chi connectivity index (χ3n) is 10.4. The summed E-state index contributed by atoms with van der Waals surface area (Å²) in [6, 6.07) is 1.16. The second-order valence-corrected chi connectivity index (χ2v) is 15.3. The van der Waals surface area contributed by atoms with Crippen LogP contribution in [0.5, 0.6) is 0 Å². The van der Waals surface area contributed by atoms with Crippen molar-refractivity contribution >= 4 is 11.9 Å². The van der Waals surface area contributed by atoms with Crippen molar-refractivity contribution in [3.8, 4) is 0 Å². The van der Waals surface area contributed by atoms with Crippen LogP contribution in [0.2, 0.25) is 0 Å². The van der Waals surface area contributed by atoms with Gasteiger partial charge in [0, 0.05) is 25.1 Å². The average Bonchev–Trinajstić information content (AvgIpc) is 3.50. The van der Waals surface area contributed by atoms with Crippen molar-refractivity contribution in [2.75, 3.05) is 6.61 Å². The summed E-state index contributed by atoms with van der Waals surface area (Å²) >= 11 is 0. The quantitative estimate of drug-likeness (QED) is 0.0401. The van der Waals surface area contributed by atoms with E-state index >= 15 is 0 Å². The molecule has 1 aromatic rings. The first-order valence-electron chi connectivity index (χ1n) is 22.2. The molecule has 10 nitrogen and oxygen atoms in total. The molecule has 0 aromatic carbocycles. The third kappa shape index (κ3) is 22.4. The molecule has 4 atom stereocenters. The summed E-state index contributed by atoms with van der Waals surface area (Å²) in [5.74, 6) is -0.969. The lowest BCUT2D eigenvalue weighted by Gasteiger charge is -2.24. The van der Waals surface area contributed by atoms with Gasteiger partial charge in [-0.2, -0.15) is 0 Å². The summed E-state index contributed by atoms with van der Waals surface area (Å²) in [6.45, 7) is 3.98. The van der Waals surface area contributed by atoms with Crippen molar-refractivity contribution in [3.05, 3.63) is 57.4 Å². The van der Waals surface area contributed by atoms with Crippen molar-refractivity contribution in [1.82, 2.24) is 9.55 Å². The molecule has 0 radical (unpaired) electrons. The first-order valence-corrected chi connectivity index (χ1v) is 22.2. The molecule has 1 fully saturated rings. The Morgan fingerprint density at radius 3 is 1.45 bits per heavy atom. The zero-order chi connectivity index (χ0) is 39.8. The molecule has 0 bridgehead atoms. The van der Waals surface area contributed by atoms with E-state index in [2.05, 4.69) is 43.1 Å². The molecule has 1 aromatic heterocycles. The van der Waals surface area contributed by atoms with Crippen LogP contribution in [-0.2, 0) is 23.8 Å². The number of nitrogens with zero attached hydrogens (tertiary/aromatic N) is 1. The first kappa shape index (κ1) is 48.2. The standard InChI is InChI=1S/C45H76N2O8/c1-3-5-7-9-11-13-15-17-19-21-23-25-27-29-31-33-40(50)54-42-38(37-48)53-44(47-36-35-39(49)46-45(47)52)43(42)55-41(51)34-32-30-28-26-24-22-20-18-16-14-12-10-8-6-4-2/h17-20,35-36,38,42-44,48H,3-16,21-34,37H2,1-2H3,(H,46,49,52)/b19-17-,20-18-/t38-,42-,43-,44-/m1/s1. The largest absolute Gasteiger partial charge is 0.455 e. The van der Waals surface area contributed by atoms with Crippen molar-refractivity contribution in [1.29, 1.82) is 0 Å². The highest BCUT2D eigenvalue weighted by molar-refractivity contribution is 5.70. The number of hydrogen-bond acceptors (Lipinski definition) is 8. The number of aromatic nitrogens is 2. The Hall–Kier alpha value is -2.98. The zero-order valence-electron chi connectivity index (χ0n) is 34.5. The molecule has 1 saturated heterocycles. The maximum Gasteiger partial charge on any atom is 0.330 e. The second-order valence-electron chi connectivity index (χ2n) is 15.3. The van der Waals surface area contributed by atoms with Gasteiger partial charge < -0.3 is 19.3 Å². The number of unbranched alkanes of at least 4 members (excludes halogenated alkanes) is 22. The van der Waals surface area contributed by atoms with Crippen LogP contribution in [0.25, 0.3) is 0 Å². The number of allylic oxidation sites excluding steroid dienone is 4. The van der Waals surface area contributed by atoms with Crippen LogP contribution in [-0.4, -0.2) is 51.5 Å². The Kier molecular flexibility index (Phi) is 28.2. The van der Waals surface area contributed by atoms with Gasteiger partial charge in [-0.1, -0.05) is 141 Å². The minimum Gasteiger partial charge on any atom is -0.455 e. The van der Waals surface area contributed by atoms with Crippen LogP contribution >= 0.6 is 0 Å². The van der Waals surface area contributed by atoms with E-state index in [1.165, 1.54) is 83.2 Å². The Morgan fingerprint density at radius 2 is 1.04 bits per heavy atom. The van der Waals surface area contributed by atoms with E-state index in [4.69, 9.17) is 14.2 Å². The number of nitrogens with one attached hydrogen (secondary N) is 1. The van der Waals surface area contributed by atoms with E-state index in [9.17, 15) is 24.3 Å². The number of rotatable bonds is 34. The lowest BCUT2D eigenvalue weighted by Crippen LogP contribution is -2.42. The van der Waals surface area contributed by atoms with Crippen molar-refractivity contribution in [2.45, 2.75) is 218 Å². The summed E-state index contributed by atoms with van der Waals surface area (Å²) in [6.07, 6.45) is 36.2. The molecule has 2 heterocycles. The van der Waals surface area contributed by atoms with Crippen molar-refractivity contribution in [2.24, 2.45) is 0 Å². The molecule has 0 aliphatic carbocycles. The van der Waals surface area contributed by atoms with Gasteiger partial charge in [-0.05, 0) is 64.2 Å². The fraction of sp³-hybridized carbons (Fsp3) is 0.778. The van der Waals surface area contributed by atoms with Crippen LogP contribution in [0, 0.1) is 0 Å². The van der Waals surface area contributed by atoms with Crippen LogP contribution in [0.4, 0.5) is 0 Å². The van der Waals surface area contributed by atoms with Gasteiger partial charge in [-0.25, -0.2) is 4.79 Å². The van der Waals surface area contributed by atoms with Crippen LogP contribution in [0.1, 0.15) is 200 Å². The van der Waals surface area contributed by atoms with E-state index in [1.54, 1.807) is 0 Å². The first-order chi connectivity index (χ1) is 26.9. The van der Waals surface area contributed by atoms with E-state index in [1.807, 2.05) is 0 Å². The lowest BCUT2D eigenvalue weighted by molar-refractivity contribution is -0.169. The van der Waals surface area contributed by atoms with Crippen LogP contribution in [0.15, 0.2) is 46.2 Å². The average molecular weight is 773 g/mol.